The summed E-state index contributed by atoms with van der Waals surface area (Å²) in [6, 6.07) is 11.9. The molecule has 25 heavy (non-hydrogen) atoms. The molecular formula is C19H18ClNO4. The van der Waals surface area contributed by atoms with Gasteiger partial charge in [-0.2, -0.15) is 0 Å². The third-order valence-electron chi connectivity index (χ3n) is 4.48. The molecule has 6 heteroatoms. The van der Waals surface area contributed by atoms with Gasteiger partial charge in [-0.1, -0.05) is 41.9 Å². The number of aliphatic carboxylic acids is 1. The lowest BCUT2D eigenvalue weighted by molar-refractivity contribution is -0.151. The van der Waals surface area contributed by atoms with E-state index >= 15 is 0 Å². The fourth-order valence-corrected chi connectivity index (χ4v) is 3.39. The second-order valence-electron chi connectivity index (χ2n) is 5.95. The van der Waals surface area contributed by atoms with Crippen LogP contribution in [0.25, 0.3) is 0 Å². The predicted octanol–water partition coefficient (Wildman–Crippen LogP) is 2.93. The number of carboxylic acid groups (broad SMARTS) is 1. The van der Waals surface area contributed by atoms with Gasteiger partial charge in [0.25, 0.3) is 0 Å². The van der Waals surface area contributed by atoms with Gasteiger partial charge < -0.3 is 14.7 Å². The molecule has 2 aromatic rings. The number of ether oxygens (including phenoxy) is 1. The van der Waals surface area contributed by atoms with Gasteiger partial charge in [-0.3, -0.25) is 4.79 Å². The molecule has 1 N–H and O–H groups in total. The van der Waals surface area contributed by atoms with E-state index in [9.17, 15) is 14.7 Å². The zero-order valence-electron chi connectivity index (χ0n) is 13.7. The average Bonchev–Trinajstić information content (AvgIpc) is 2.62. The lowest BCUT2D eigenvalue weighted by Crippen LogP contribution is -2.49. The minimum atomic E-state index is -1.01. The zero-order valence-corrected chi connectivity index (χ0v) is 14.5. The van der Waals surface area contributed by atoms with E-state index in [1.165, 1.54) is 12.0 Å². The van der Waals surface area contributed by atoms with Gasteiger partial charge in [0.15, 0.2) is 0 Å². The number of nitrogens with zero attached hydrogens (tertiary/aromatic N) is 1. The van der Waals surface area contributed by atoms with Gasteiger partial charge in [0.05, 0.1) is 13.5 Å². The molecule has 0 aliphatic carbocycles. The highest BCUT2D eigenvalue weighted by Crippen LogP contribution is 2.29. The Hall–Kier alpha value is -2.53. The second kappa shape index (κ2) is 7.15. The Morgan fingerprint density at radius 2 is 1.92 bits per heavy atom. The molecule has 0 aromatic heterocycles. The Kier molecular flexibility index (Phi) is 4.95. The normalized spacial score (nSPS) is 16.2. The van der Waals surface area contributed by atoms with Crippen molar-refractivity contribution in [2.45, 2.75) is 25.4 Å². The number of carbonyl (C=O) groups excluding carboxylic acids is 1. The van der Waals surface area contributed by atoms with Gasteiger partial charge in [-0.25, -0.2) is 4.79 Å². The molecule has 1 heterocycles. The lowest BCUT2D eigenvalue weighted by atomic mass is 9.93. The van der Waals surface area contributed by atoms with Crippen molar-refractivity contribution in [3.8, 4) is 5.75 Å². The highest BCUT2D eigenvalue weighted by atomic mass is 35.5. The molecule has 1 aliphatic rings. The number of halogens is 1. The van der Waals surface area contributed by atoms with Crippen LogP contribution in [0.5, 0.6) is 5.75 Å². The van der Waals surface area contributed by atoms with E-state index in [4.69, 9.17) is 16.3 Å². The molecule has 1 unspecified atom stereocenters. The highest BCUT2D eigenvalue weighted by molar-refractivity contribution is 6.31. The Morgan fingerprint density at radius 3 is 2.60 bits per heavy atom. The molecule has 2 aromatic carbocycles. The van der Waals surface area contributed by atoms with Crippen LogP contribution in [-0.2, 0) is 29.0 Å². The molecule has 0 spiro atoms. The molecule has 5 nitrogen and oxygen atoms in total. The first kappa shape index (κ1) is 17.3. The number of hydrogen-bond donors (Lipinski definition) is 1. The summed E-state index contributed by atoms with van der Waals surface area (Å²) in [5.41, 5.74) is 2.51. The number of rotatable bonds is 4. The SMILES string of the molecule is COc1cccc(Cl)c1CC(=O)N1Cc2ccccc2CC1C(=O)O. The number of carboxylic acids is 1. The van der Waals surface area contributed by atoms with Crippen LogP contribution in [0.4, 0.5) is 0 Å². The van der Waals surface area contributed by atoms with Crippen LogP contribution in [-0.4, -0.2) is 35.0 Å². The van der Waals surface area contributed by atoms with Gasteiger partial charge in [0.2, 0.25) is 5.91 Å². The number of fused-ring (bicyclic) bond motifs is 1. The Morgan fingerprint density at radius 1 is 1.20 bits per heavy atom. The molecular weight excluding hydrogens is 342 g/mol. The number of hydrogen-bond acceptors (Lipinski definition) is 3. The molecule has 0 saturated heterocycles. The van der Waals surface area contributed by atoms with Crippen molar-refractivity contribution in [3.63, 3.8) is 0 Å². The minimum absolute atomic E-state index is 0.00517. The quantitative estimate of drug-likeness (QED) is 0.911. The fourth-order valence-electron chi connectivity index (χ4n) is 3.16. The van der Waals surface area contributed by atoms with Crippen molar-refractivity contribution in [2.75, 3.05) is 7.11 Å². The van der Waals surface area contributed by atoms with Crippen LogP contribution in [0.15, 0.2) is 42.5 Å². The molecule has 0 bridgehead atoms. The van der Waals surface area contributed by atoms with Gasteiger partial charge in [0, 0.05) is 23.6 Å². The van der Waals surface area contributed by atoms with Gasteiger partial charge in [-0.05, 0) is 23.3 Å². The number of carbonyl (C=O) groups is 2. The first-order chi connectivity index (χ1) is 12.0. The van der Waals surface area contributed by atoms with Gasteiger partial charge in [-0.15, -0.1) is 0 Å². The third-order valence-corrected chi connectivity index (χ3v) is 4.83. The largest absolute Gasteiger partial charge is 0.496 e. The van der Waals surface area contributed by atoms with Crippen molar-refractivity contribution in [1.29, 1.82) is 0 Å². The summed E-state index contributed by atoms with van der Waals surface area (Å²) in [4.78, 5) is 25.9. The van der Waals surface area contributed by atoms with E-state index in [2.05, 4.69) is 0 Å². The maximum atomic E-state index is 12.9. The van der Waals surface area contributed by atoms with Crippen molar-refractivity contribution >= 4 is 23.5 Å². The summed E-state index contributed by atoms with van der Waals surface area (Å²) < 4.78 is 5.27. The van der Waals surface area contributed by atoms with E-state index in [1.807, 2.05) is 24.3 Å². The first-order valence-corrected chi connectivity index (χ1v) is 8.29. The van der Waals surface area contributed by atoms with E-state index < -0.39 is 12.0 Å². The van der Waals surface area contributed by atoms with Gasteiger partial charge in [0.1, 0.15) is 11.8 Å². The average molecular weight is 360 g/mol. The molecule has 130 valence electrons. The highest BCUT2D eigenvalue weighted by Gasteiger charge is 2.34. The Labute approximate surface area is 150 Å². The number of benzene rings is 2. The summed E-state index contributed by atoms with van der Waals surface area (Å²) in [7, 11) is 1.51. The van der Waals surface area contributed by atoms with Crippen molar-refractivity contribution < 1.29 is 19.4 Å². The molecule has 0 radical (unpaired) electrons. The maximum absolute atomic E-state index is 12.9. The van der Waals surface area contributed by atoms with Crippen molar-refractivity contribution in [2.24, 2.45) is 0 Å². The van der Waals surface area contributed by atoms with Crippen LogP contribution in [0, 0.1) is 0 Å². The van der Waals surface area contributed by atoms with Crippen molar-refractivity contribution in [3.05, 3.63) is 64.2 Å². The monoisotopic (exact) mass is 359 g/mol. The summed E-state index contributed by atoms with van der Waals surface area (Å²) >= 11 is 6.20. The first-order valence-electron chi connectivity index (χ1n) is 7.91. The molecule has 1 amide bonds. The topological polar surface area (TPSA) is 66.8 Å². The smallest absolute Gasteiger partial charge is 0.326 e. The Balaban J connectivity index is 1.89. The summed E-state index contributed by atoms with van der Waals surface area (Å²) in [5.74, 6) is -0.771. The third kappa shape index (κ3) is 3.46. The van der Waals surface area contributed by atoms with Crippen molar-refractivity contribution in [1.82, 2.24) is 4.90 Å². The molecule has 0 saturated carbocycles. The molecule has 0 fully saturated rings. The van der Waals surface area contributed by atoms with Crippen LogP contribution < -0.4 is 4.74 Å². The van der Waals surface area contributed by atoms with E-state index in [0.717, 1.165) is 11.1 Å². The molecule has 1 aliphatic heterocycles. The predicted molar refractivity (Wildman–Crippen MR) is 93.8 cm³/mol. The van der Waals surface area contributed by atoms with E-state index in [0.29, 0.717) is 22.8 Å². The summed E-state index contributed by atoms with van der Waals surface area (Å²) in [6.45, 7) is 0.277. The summed E-state index contributed by atoms with van der Waals surface area (Å²) in [6.07, 6.45) is 0.297. The van der Waals surface area contributed by atoms with E-state index in [1.54, 1.807) is 18.2 Å². The lowest BCUT2D eigenvalue weighted by Gasteiger charge is -2.34. The van der Waals surface area contributed by atoms with Gasteiger partial charge >= 0.3 is 5.97 Å². The van der Waals surface area contributed by atoms with Crippen LogP contribution in [0.2, 0.25) is 5.02 Å². The maximum Gasteiger partial charge on any atom is 0.326 e. The fraction of sp³-hybridized carbons (Fsp3) is 0.263. The Bertz CT molecular complexity index is 821. The molecule has 1 atom stereocenters. The summed E-state index contributed by atoms with van der Waals surface area (Å²) in [5, 5.41) is 9.99. The van der Waals surface area contributed by atoms with Crippen LogP contribution >= 0.6 is 11.6 Å². The second-order valence-corrected chi connectivity index (χ2v) is 6.35. The van der Waals surface area contributed by atoms with Crippen LogP contribution in [0.1, 0.15) is 16.7 Å². The zero-order chi connectivity index (χ0) is 18.0. The minimum Gasteiger partial charge on any atom is -0.496 e. The van der Waals surface area contributed by atoms with Crippen LogP contribution in [0.3, 0.4) is 0 Å². The van der Waals surface area contributed by atoms with E-state index in [-0.39, 0.29) is 18.9 Å². The number of amides is 1. The number of methoxy groups -OCH3 is 1. The standard InChI is InChI=1S/C19H18ClNO4/c1-25-17-8-4-7-15(20)14(17)10-18(22)21-11-13-6-3-2-5-12(13)9-16(21)19(23)24/h2-8,16H,9-11H2,1H3,(H,23,24). The molecule has 3 rings (SSSR count).